The standard InChI is InChI=1S/C60H116O6/c1-54(2)46-40-34-28-22-16-11-8-7-9-13-19-25-31-37-43-49-58(61)64-52-57(53-65-59(62)50-44-38-32-26-21-15-18-24-30-36-42-48-56(5)6)66-60(63)51-45-39-33-27-20-14-10-12-17-23-29-35-41-47-55(3)4/h54-57H,7-53H2,1-6H3/t57-/m0/s1. The molecule has 0 fully saturated rings. The number of carbonyl (C=O) groups excluding carboxylic acids is 3. The maximum atomic E-state index is 12.9. The molecule has 392 valence electrons. The summed E-state index contributed by atoms with van der Waals surface area (Å²) < 4.78 is 16.9. The molecule has 0 aromatic heterocycles. The van der Waals surface area contributed by atoms with Gasteiger partial charge < -0.3 is 14.2 Å². The van der Waals surface area contributed by atoms with E-state index in [4.69, 9.17) is 14.2 Å². The molecule has 0 saturated heterocycles. The van der Waals surface area contributed by atoms with Crippen LogP contribution in [-0.4, -0.2) is 37.2 Å². The van der Waals surface area contributed by atoms with Crippen LogP contribution in [0.25, 0.3) is 0 Å². The molecule has 0 rings (SSSR count). The molecule has 0 bridgehead atoms. The van der Waals surface area contributed by atoms with Gasteiger partial charge in [0.15, 0.2) is 6.10 Å². The van der Waals surface area contributed by atoms with Gasteiger partial charge in [0.05, 0.1) is 0 Å². The lowest BCUT2D eigenvalue weighted by Crippen LogP contribution is -2.30. The van der Waals surface area contributed by atoms with Gasteiger partial charge in [0, 0.05) is 19.3 Å². The van der Waals surface area contributed by atoms with Crippen LogP contribution in [0, 0.1) is 17.8 Å². The lowest BCUT2D eigenvalue weighted by Gasteiger charge is -2.18. The molecule has 0 aliphatic rings. The van der Waals surface area contributed by atoms with Gasteiger partial charge in [0.1, 0.15) is 13.2 Å². The number of hydrogen-bond donors (Lipinski definition) is 0. The van der Waals surface area contributed by atoms with Gasteiger partial charge in [0.2, 0.25) is 0 Å². The fraction of sp³-hybridized carbons (Fsp3) is 0.950. The van der Waals surface area contributed by atoms with Crippen LogP contribution in [0.4, 0.5) is 0 Å². The Balaban J connectivity index is 4.30. The predicted molar refractivity (Wildman–Crippen MR) is 284 cm³/mol. The molecule has 66 heavy (non-hydrogen) atoms. The summed E-state index contributed by atoms with van der Waals surface area (Å²) in [5.74, 6) is 1.67. The molecule has 0 heterocycles. The fourth-order valence-corrected chi connectivity index (χ4v) is 9.18. The highest BCUT2D eigenvalue weighted by Crippen LogP contribution is 2.19. The van der Waals surface area contributed by atoms with Crippen LogP contribution in [-0.2, 0) is 28.6 Å². The topological polar surface area (TPSA) is 78.9 Å². The number of hydrogen-bond acceptors (Lipinski definition) is 6. The van der Waals surface area contributed by atoms with E-state index in [-0.39, 0.29) is 31.1 Å². The largest absolute Gasteiger partial charge is 0.462 e. The SMILES string of the molecule is CC(C)CCCCCCCCCCCCCCCCCC(=O)OC[C@@H](COC(=O)CCCCCCCCCCCCCC(C)C)OC(=O)CCCCCCCCCCCCCCCC(C)C. The second-order valence-corrected chi connectivity index (χ2v) is 22.1. The molecule has 0 aliphatic carbocycles. The van der Waals surface area contributed by atoms with E-state index in [1.54, 1.807) is 0 Å². The van der Waals surface area contributed by atoms with Crippen LogP contribution < -0.4 is 0 Å². The monoisotopic (exact) mass is 933 g/mol. The zero-order valence-corrected chi connectivity index (χ0v) is 45.5. The van der Waals surface area contributed by atoms with E-state index < -0.39 is 6.10 Å². The normalized spacial score (nSPS) is 12.1. The van der Waals surface area contributed by atoms with Crippen molar-refractivity contribution < 1.29 is 28.6 Å². The number of esters is 3. The quantitative estimate of drug-likeness (QED) is 0.0343. The highest BCUT2D eigenvalue weighted by atomic mass is 16.6. The summed E-state index contributed by atoms with van der Waals surface area (Å²) in [4.78, 5) is 38.2. The predicted octanol–water partition coefficient (Wildman–Crippen LogP) is 19.5. The molecule has 6 heteroatoms. The van der Waals surface area contributed by atoms with E-state index in [0.717, 1.165) is 75.5 Å². The summed E-state index contributed by atoms with van der Waals surface area (Å²) in [6.45, 7) is 13.8. The van der Waals surface area contributed by atoms with Crippen LogP contribution in [0.2, 0.25) is 0 Å². The molecule has 0 N–H and O–H groups in total. The zero-order chi connectivity index (χ0) is 48.4. The Morgan fingerprint density at radius 3 is 0.652 bits per heavy atom. The Morgan fingerprint density at radius 2 is 0.439 bits per heavy atom. The van der Waals surface area contributed by atoms with Gasteiger partial charge in [-0.3, -0.25) is 14.4 Å². The van der Waals surface area contributed by atoms with Crippen LogP contribution >= 0.6 is 0 Å². The van der Waals surface area contributed by atoms with Crippen molar-refractivity contribution in [2.24, 2.45) is 17.8 Å². The van der Waals surface area contributed by atoms with E-state index in [0.29, 0.717) is 19.3 Å². The van der Waals surface area contributed by atoms with Gasteiger partial charge >= 0.3 is 17.9 Å². The maximum absolute atomic E-state index is 12.9. The van der Waals surface area contributed by atoms with Gasteiger partial charge in [-0.05, 0) is 37.0 Å². The Hall–Kier alpha value is -1.59. The summed E-state index contributed by atoms with van der Waals surface area (Å²) in [5, 5.41) is 0. The van der Waals surface area contributed by atoms with Crippen LogP contribution in [0.1, 0.15) is 330 Å². The van der Waals surface area contributed by atoms with Crippen molar-refractivity contribution in [2.45, 2.75) is 337 Å². The van der Waals surface area contributed by atoms with Crippen molar-refractivity contribution in [3.8, 4) is 0 Å². The molecule has 0 aromatic rings. The minimum Gasteiger partial charge on any atom is -0.462 e. The molecule has 0 unspecified atom stereocenters. The summed E-state index contributed by atoms with van der Waals surface area (Å²) in [5.41, 5.74) is 0. The molecule has 6 nitrogen and oxygen atoms in total. The smallest absolute Gasteiger partial charge is 0.306 e. The maximum Gasteiger partial charge on any atom is 0.306 e. The first-order valence-corrected chi connectivity index (χ1v) is 29.6. The van der Waals surface area contributed by atoms with E-state index in [1.807, 2.05) is 0 Å². The first kappa shape index (κ1) is 64.4. The third-order valence-corrected chi connectivity index (χ3v) is 13.6. The van der Waals surface area contributed by atoms with E-state index >= 15 is 0 Å². The third-order valence-electron chi connectivity index (χ3n) is 13.6. The molecule has 0 aliphatic heterocycles. The highest BCUT2D eigenvalue weighted by Gasteiger charge is 2.19. The summed E-state index contributed by atoms with van der Waals surface area (Å²) in [6.07, 6.45) is 53.8. The Labute approximate surface area is 412 Å². The highest BCUT2D eigenvalue weighted by molar-refractivity contribution is 5.71. The van der Waals surface area contributed by atoms with Crippen LogP contribution in [0.3, 0.4) is 0 Å². The fourth-order valence-electron chi connectivity index (χ4n) is 9.18. The van der Waals surface area contributed by atoms with Gasteiger partial charge in [0.25, 0.3) is 0 Å². The number of unbranched alkanes of at least 4 members (excludes halogenated alkanes) is 36. The first-order valence-electron chi connectivity index (χ1n) is 29.6. The molecule has 0 saturated carbocycles. The lowest BCUT2D eigenvalue weighted by atomic mass is 10.0. The number of rotatable bonds is 53. The number of carbonyl (C=O) groups is 3. The molecular formula is C60H116O6. The molecule has 0 spiro atoms. The Bertz CT molecular complexity index is 1020. The van der Waals surface area contributed by atoms with Crippen molar-refractivity contribution >= 4 is 17.9 Å². The van der Waals surface area contributed by atoms with Gasteiger partial charge in [-0.15, -0.1) is 0 Å². The number of ether oxygens (including phenoxy) is 3. The van der Waals surface area contributed by atoms with Crippen molar-refractivity contribution in [3.05, 3.63) is 0 Å². The van der Waals surface area contributed by atoms with E-state index in [2.05, 4.69) is 41.5 Å². The summed E-state index contributed by atoms with van der Waals surface area (Å²) in [6, 6.07) is 0. The van der Waals surface area contributed by atoms with Crippen LogP contribution in [0.15, 0.2) is 0 Å². The molecular weight excluding hydrogens is 817 g/mol. The van der Waals surface area contributed by atoms with Gasteiger partial charge in [-0.2, -0.15) is 0 Å². The summed E-state index contributed by atoms with van der Waals surface area (Å²) >= 11 is 0. The van der Waals surface area contributed by atoms with Crippen LogP contribution in [0.5, 0.6) is 0 Å². The van der Waals surface area contributed by atoms with Crippen molar-refractivity contribution in [1.82, 2.24) is 0 Å². The minimum atomic E-state index is -0.764. The average molecular weight is 934 g/mol. The summed E-state index contributed by atoms with van der Waals surface area (Å²) in [7, 11) is 0. The van der Waals surface area contributed by atoms with E-state index in [1.165, 1.54) is 212 Å². The average Bonchev–Trinajstić information content (AvgIpc) is 3.28. The molecule has 0 amide bonds. The Morgan fingerprint density at radius 1 is 0.258 bits per heavy atom. The third kappa shape index (κ3) is 53.4. The Kier molecular flexibility index (Phi) is 50.0. The van der Waals surface area contributed by atoms with Crippen molar-refractivity contribution in [1.29, 1.82) is 0 Å². The van der Waals surface area contributed by atoms with Gasteiger partial charge in [-0.1, -0.05) is 292 Å². The van der Waals surface area contributed by atoms with E-state index in [9.17, 15) is 14.4 Å². The first-order chi connectivity index (χ1) is 32.1. The van der Waals surface area contributed by atoms with Crippen molar-refractivity contribution in [2.75, 3.05) is 13.2 Å². The minimum absolute atomic E-state index is 0.0633. The lowest BCUT2D eigenvalue weighted by molar-refractivity contribution is -0.167. The molecule has 1 atom stereocenters. The van der Waals surface area contributed by atoms with Gasteiger partial charge in [-0.25, -0.2) is 0 Å². The molecule has 0 aromatic carbocycles. The zero-order valence-electron chi connectivity index (χ0n) is 45.5. The van der Waals surface area contributed by atoms with Crippen molar-refractivity contribution in [3.63, 3.8) is 0 Å². The second kappa shape index (κ2) is 51.3. The second-order valence-electron chi connectivity index (χ2n) is 22.1. The molecule has 0 radical (unpaired) electrons.